The number of carbonyl (C=O) groups excluding carboxylic acids is 1. The zero-order valence-corrected chi connectivity index (χ0v) is 18.1. The summed E-state index contributed by atoms with van der Waals surface area (Å²) >= 11 is 0. The first-order valence-electron chi connectivity index (χ1n) is 10.4. The topological polar surface area (TPSA) is 70.6 Å². The van der Waals surface area contributed by atoms with E-state index in [1.807, 2.05) is 48.2 Å². The molecule has 3 aromatic rings. The average molecular weight is 418 g/mol. The molecular formula is C24H27N5O2. The Labute approximate surface area is 182 Å². The van der Waals surface area contributed by atoms with Crippen molar-refractivity contribution in [1.82, 2.24) is 14.9 Å². The molecule has 0 aliphatic carbocycles. The lowest BCUT2D eigenvalue weighted by atomic mass is 10.1. The summed E-state index contributed by atoms with van der Waals surface area (Å²) in [4.78, 5) is 26.2. The molecule has 1 amide bonds. The molecule has 1 N–H and O–H groups in total. The third-order valence-corrected chi connectivity index (χ3v) is 5.36. The van der Waals surface area contributed by atoms with Gasteiger partial charge in [-0.1, -0.05) is 23.8 Å². The molecule has 7 nitrogen and oxygen atoms in total. The van der Waals surface area contributed by atoms with E-state index >= 15 is 0 Å². The van der Waals surface area contributed by atoms with Crippen LogP contribution in [0.25, 0.3) is 0 Å². The summed E-state index contributed by atoms with van der Waals surface area (Å²) in [6.45, 7) is 6.74. The molecular weight excluding hydrogens is 390 g/mol. The van der Waals surface area contributed by atoms with Crippen molar-refractivity contribution in [3.05, 3.63) is 71.4 Å². The van der Waals surface area contributed by atoms with Gasteiger partial charge in [-0.15, -0.1) is 0 Å². The van der Waals surface area contributed by atoms with E-state index < -0.39 is 0 Å². The molecule has 7 heteroatoms. The second-order valence-corrected chi connectivity index (χ2v) is 7.69. The van der Waals surface area contributed by atoms with E-state index in [-0.39, 0.29) is 5.91 Å². The van der Waals surface area contributed by atoms with Crippen LogP contribution in [-0.4, -0.2) is 54.1 Å². The lowest BCUT2D eigenvalue weighted by Gasteiger charge is -2.35. The van der Waals surface area contributed by atoms with E-state index in [2.05, 4.69) is 34.3 Å². The number of nitrogens with one attached hydrogen (secondary N) is 1. The minimum atomic E-state index is 0.0270. The van der Waals surface area contributed by atoms with Gasteiger partial charge in [-0.25, -0.2) is 4.98 Å². The number of aromatic nitrogens is 2. The number of anilines is 3. The lowest BCUT2D eigenvalue weighted by molar-refractivity contribution is 0.0746. The number of carbonyl (C=O) groups is 1. The summed E-state index contributed by atoms with van der Waals surface area (Å²) in [7, 11) is 1.61. The van der Waals surface area contributed by atoms with E-state index in [1.54, 1.807) is 13.2 Å². The smallest absolute Gasteiger partial charge is 0.254 e. The van der Waals surface area contributed by atoms with Gasteiger partial charge < -0.3 is 19.9 Å². The highest BCUT2D eigenvalue weighted by molar-refractivity contribution is 5.94. The highest BCUT2D eigenvalue weighted by Gasteiger charge is 2.23. The van der Waals surface area contributed by atoms with Crippen molar-refractivity contribution in [2.45, 2.75) is 13.8 Å². The number of methoxy groups -OCH3 is 1. The molecule has 0 atom stereocenters. The van der Waals surface area contributed by atoms with Crippen LogP contribution in [0.1, 0.15) is 21.6 Å². The Morgan fingerprint density at radius 3 is 2.42 bits per heavy atom. The molecule has 0 bridgehead atoms. The van der Waals surface area contributed by atoms with Crippen molar-refractivity contribution in [3.63, 3.8) is 0 Å². The third-order valence-electron chi connectivity index (χ3n) is 5.36. The Kier molecular flexibility index (Phi) is 6.02. The van der Waals surface area contributed by atoms with Crippen molar-refractivity contribution in [2.75, 3.05) is 43.5 Å². The molecule has 0 spiro atoms. The maximum absolute atomic E-state index is 12.9. The highest BCUT2D eigenvalue weighted by atomic mass is 16.5. The first-order chi connectivity index (χ1) is 15.0. The fourth-order valence-electron chi connectivity index (χ4n) is 3.61. The van der Waals surface area contributed by atoms with Crippen LogP contribution in [0, 0.1) is 13.8 Å². The summed E-state index contributed by atoms with van der Waals surface area (Å²) in [5.74, 6) is 2.16. The maximum Gasteiger partial charge on any atom is 0.254 e. The average Bonchev–Trinajstić information content (AvgIpc) is 2.80. The van der Waals surface area contributed by atoms with Crippen LogP contribution in [0.2, 0.25) is 0 Å². The molecule has 160 valence electrons. The van der Waals surface area contributed by atoms with Gasteiger partial charge in [0, 0.05) is 49.2 Å². The third kappa shape index (κ3) is 4.94. The normalized spacial score (nSPS) is 13.8. The second kappa shape index (κ2) is 9.04. The van der Waals surface area contributed by atoms with Crippen LogP contribution in [0.3, 0.4) is 0 Å². The number of ether oxygens (including phenoxy) is 1. The Morgan fingerprint density at radius 2 is 1.71 bits per heavy atom. The minimum absolute atomic E-state index is 0.0270. The molecule has 31 heavy (non-hydrogen) atoms. The molecule has 1 aliphatic heterocycles. The first kappa shape index (κ1) is 20.7. The Bertz CT molecular complexity index is 1060. The quantitative estimate of drug-likeness (QED) is 0.681. The molecule has 2 heterocycles. The standard InChI is InChI=1S/C24H27N5O2/c1-17-7-9-20(10-8-17)26-24-25-18(2)15-22(27-24)28-11-13-29(14-12-28)23(30)19-5-4-6-21(16-19)31-3/h4-10,15-16H,11-14H2,1-3H3,(H,25,26,27). The largest absolute Gasteiger partial charge is 0.497 e. The van der Waals surface area contributed by atoms with Crippen molar-refractivity contribution in [1.29, 1.82) is 0 Å². The molecule has 1 saturated heterocycles. The van der Waals surface area contributed by atoms with Gasteiger partial charge >= 0.3 is 0 Å². The molecule has 1 fully saturated rings. The number of amides is 1. The van der Waals surface area contributed by atoms with Crippen molar-refractivity contribution >= 4 is 23.4 Å². The number of aryl methyl sites for hydroxylation is 2. The maximum atomic E-state index is 12.9. The van der Waals surface area contributed by atoms with Gasteiger partial charge in [0.15, 0.2) is 0 Å². The summed E-state index contributed by atoms with van der Waals surface area (Å²) in [6.07, 6.45) is 0. The fraction of sp³-hybridized carbons (Fsp3) is 0.292. The molecule has 0 radical (unpaired) electrons. The molecule has 0 saturated carbocycles. The number of rotatable bonds is 5. The number of hydrogen-bond donors (Lipinski definition) is 1. The lowest BCUT2D eigenvalue weighted by Crippen LogP contribution is -2.49. The van der Waals surface area contributed by atoms with Crippen LogP contribution >= 0.6 is 0 Å². The summed E-state index contributed by atoms with van der Waals surface area (Å²) in [5, 5.41) is 3.29. The summed E-state index contributed by atoms with van der Waals surface area (Å²) < 4.78 is 5.24. The van der Waals surface area contributed by atoms with Crippen LogP contribution < -0.4 is 15.0 Å². The number of nitrogens with zero attached hydrogens (tertiary/aromatic N) is 4. The molecule has 2 aromatic carbocycles. The van der Waals surface area contributed by atoms with Crippen LogP contribution in [0.4, 0.5) is 17.5 Å². The first-order valence-corrected chi connectivity index (χ1v) is 10.4. The number of benzene rings is 2. The SMILES string of the molecule is COc1cccc(C(=O)N2CCN(c3cc(C)nc(Nc4ccc(C)cc4)n3)CC2)c1. The van der Waals surface area contributed by atoms with Gasteiger partial charge in [0.25, 0.3) is 5.91 Å². The van der Waals surface area contributed by atoms with Gasteiger partial charge in [-0.3, -0.25) is 4.79 Å². The molecule has 1 aromatic heterocycles. The molecule has 0 unspecified atom stereocenters. The van der Waals surface area contributed by atoms with Crippen molar-refractivity contribution in [3.8, 4) is 5.75 Å². The van der Waals surface area contributed by atoms with Crippen molar-refractivity contribution < 1.29 is 9.53 Å². The van der Waals surface area contributed by atoms with Crippen LogP contribution in [-0.2, 0) is 0 Å². The molecule has 4 rings (SSSR count). The fourth-order valence-corrected chi connectivity index (χ4v) is 3.61. The van der Waals surface area contributed by atoms with Gasteiger partial charge in [0.05, 0.1) is 7.11 Å². The Morgan fingerprint density at radius 1 is 0.968 bits per heavy atom. The predicted molar refractivity (Wildman–Crippen MR) is 122 cm³/mol. The van der Waals surface area contributed by atoms with Gasteiger partial charge in [-0.05, 0) is 44.2 Å². The van der Waals surface area contributed by atoms with E-state index in [9.17, 15) is 4.79 Å². The van der Waals surface area contributed by atoms with E-state index in [1.165, 1.54) is 5.56 Å². The van der Waals surface area contributed by atoms with Gasteiger partial charge in [-0.2, -0.15) is 4.98 Å². The van der Waals surface area contributed by atoms with Gasteiger partial charge in [0.1, 0.15) is 11.6 Å². The number of piperazine rings is 1. The van der Waals surface area contributed by atoms with E-state index in [4.69, 9.17) is 9.72 Å². The summed E-state index contributed by atoms with van der Waals surface area (Å²) in [5.41, 5.74) is 3.71. The monoisotopic (exact) mass is 417 g/mol. The predicted octanol–water partition coefficient (Wildman–Crippen LogP) is 3.81. The van der Waals surface area contributed by atoms with Crippen LogP contribution in [0.15, 0.2) is 54.6 Å². The minimum Gasteiger partial charge on any atom is -0.497 e. The Balaban J connectivity index is 1.43. The Hall–Kier alpha value is -3.61. The highest BCUT2D eigenvalue weighted by Crippen LogP contribution is 2.21. The molecule has 1 aliphatic rings. The zero-order valence-electron chi connectivity index (χ0n) is 18.1. The second-order valence-electron chi connectivity index (χ2n) is 7.69. The summed E-state index contributed by atoms with van der Waals surface area (Å²) in [6, 6.07) is 17.4. The zero-order chi connectivity index (χ0) is 21.8. The van der Waals surface area contributed by atoms with Crippen molar-refractivity contribution in [2.24, 2.45) is 0 Å². The van der Waals surface area contributed by atoms with E-state index in [0.29, 0.717) is 30.4 Å². The van der Waals surface area contributed by atoms with E-state index in [0.717, 1.165) is 30.3 Å². The number of hydrogen-bond acceptors (Lipinski definition) is 6. The van der Waals surface area contributed by atoms with Crippen LogP contribution in [0.5, 0.6) is 5.75 Å². The van der Waals surface area contributed by atoms with Gasteiger partial charge in [0.2, 0.25) is 5.95 Å².